The number of nitrogens with two attached hydrogens (primary N) is 1. The highest BCUT2D eigenvalue weighted by Crippen LogP contribution is 2.32. The number of fused-ring (bicyclic) bond motifs is 1. The molecule has 8 heteroatoms. The quantitative estimate of drug-likeness (QED) is 0.615. The van der Waals surface area contributed by atoms with E-state index in [4.69, 9.17) is 24.7 Å². The summed E-state index contributed by atoms with van der Waals surface area (Å²) in [6.45, 7) is 3.14. The number of carbonyl (C=O) groups excluding carboxylic acids is 2. The molecular weight excluding hydrogens is 316 g/mol. The van der Waals surface area contributed by atoms with Gasteiger partial charge in [-0.25, -0.2) is 4.79 Å². The van der Waals surface area contributed by atoms with Crippen molar-refractivity contribution >= 4 is 12.1 Å². The molecule has 24 heavy (non-hydrogen) atoms. The summed E-state index contributed by atoms with van der Waals surface area (Å²) in [6.07, 6.45) is 0.0303. The Morgan fingerprint density at radius 1 is 1.25 bits per heavy atom. The largest absolute Gasteiger partial charge is 0.454 e. The average molecular weight is 338 g/mol. The molecule has 1 aliphatic heterocycles. The van der Waals surface area contributed by atoms with Crippen molar-refractivity contribution in [2.45, 2.75) is 32.4 Å². The number of hydrogen-bond donors (Lipinski definition) is 1. The Morgan fingerprint density at radius 2 is 1.96 bits per heavy atom. The van der Waals surface area contributed by atoms with E-state index < -0.39 is 24.9 Å². The van der Waals surface area contributed by atoms with Gasteiger partial charge in [0.15, 0.2) is 11.5 Å². The molecule has 8 nitrogen and oxygen atoms in total. The van der Waals surface area contributed by atoms with E-state index >= 15 is 0 Å². The Kier molecular flexibility index (Phi) is 5.86. The molecule has 2 unspecified atom stereocenters. The third-order valence-electron chi connectivity index (χ3n) is 3.67. The standard InChI is InChI=1S/C16H22N2O6/c1-10(6-12-4-5-13-14(7-12)22-8-21-13)18(3)16(20)24-9-23-15(19)11(2)17/h4-5,7,10-11H,6,8-9,17H2,1-3H3. The number of rotatable bonds is 6. The molecule has 1 aromatic rings. The van der Waals surface area contributed by atoms with E-state index in [1.807, 2.05) is 25.1 Å². The van der Waals surface area contributed by atoms with Gasteiger partial charge in [0.1, 0.15) is 6.04 Å². The third kappa shape index (κ3) is 4.51. The van der Waals surface area contributed by atoms with Gasteiger partial charge in [-0.2, -0.15) is 0 Å². The van der Waals surface area contributed by atoms with E-state index in [0.29, 0.717) is 12.2 Å². The van der Waals surface area contributed by atoms with Crippen LogP contribution >= 0.6 is 0 Å². The summed E-state index contributed by atoms with van der Waals surface area (Å²) < 4.78 is 20.2. The molecule has 1 aromatic carbocycles. The summed E-state index contributed by atoms with van der Waals surface area (Å²) in [5.74, 6) is 0.793. The minimum atomic E-state index is -0.758. The molecule has 2 N–H and O–H groups in total. The van der Waals surface area contributed by atoms with Crippen LogP contribution in [0.4, 0.5) is 4.79 Å². The first kappa shape index (κ1) is 17.9. The van der Waals surface area contributed by atoms with E-state index in [1.165, 1.54) is 11.8 Å². The molecule has 1 aliphatic rings. The van der Waals surface area contributed by atoms with Gasteiger partial charge in [0.25, 0.3) is 0 Å². The van der Waals surface area contributed by atoms with Crippen LogP contribution in [0.1, 0.15) is 19.4 Å². The van der Waals surface area contributed by atoms with Crippen molar-refractivity contribution in [1.29, 1.82) is 0 Å². The first-order valence-corrected chi connectivity index (χ1v) is 7.59. The average Bonchev–Trinajstić information content (AvgIpc) is 3.01. The van der Waals surface area contributed by atoms with Crippen molar-refractivity contribution in [2.75, 3.05) is 20.6 Å². The lowest BCUT2D eigenvalue weighted by atomic mass is 10.1. The number of nitrogens with zero attached hydrogens (tertiary/aromatic N) is 1. The Balaban J connectivity index is 1.81. The Hall–Kier alpha value is -2.48. The van der Waals surface area contributed by atoms with Crippen LogP contribution in [-0.2, 0) is 20.7 Å². The molecule has 1 heterocycles. The van der Waals surface area contributed by atoms with Crippen LogP contribution in [0.5, 0.6) is 11.5 Å². The number of benzene rings is 1. The number of esters is 1. The first-order valence-electron chi connectivity index (χ1n) is 7.59. The molecule has 0 aromatic heterocycles. The topological polar surface area (TPSA) is 100 Å². The minimum absolute atomic E-state index is 0.123. The Morgan fingerprint density at radius 3 is 2.67 bits per heavy atom. The molecule has 132 valence electrons. The molecule has 1 amide bonds. The highest BCUT2D eigenvalue weighted by atomic mass is 16.7. The summed E-state index contributed by atoms with van der Waals surface area (Å²) in [5, 5.41) is 0. The maximum Gasteiger partial charge on any atom is 0.412 e. The fourth-order valence-corrected chi connectivity index (χ4v) is 2.10. The predicted molar refractivity (Wildman–Crippen MR) is 84.6 cm³/mol. The zero-order valence-corrected chi connectivity index (χ0v) is 14.0. The molecule has 2 rings (SSSR count). The van der Waals surface area contributed by atoms with Gasteiger partial charge in [-0.1, -0.05) is 6.07 Å². The summed E-state index contributed by atoms with van der Waals surface area (Å²) in [5.41, 5.74) is 6.35. The van der Waals surface area contributed by atoms with Crippen molar-refractivity contribution in [3.63, 3.8) is 0 Å². The molecule has 0 spiro atoms. The van der Waals surface area contributed by atoms with E-state index in [0.717, 1.165) is 11.3 Å². The van der Waals surface area contributed by atoms with Crippen molar-refractivity contribution in [3.05, 3.63) is 23.8 Å². The van der Waals surface area contributed by atoms with Crippen LogP contribution in [0.2, 0.25) is 0 Å². The lowest BCUT2D eigenvalue weighted by Crippen LogP contribution is -2.38. The maximum absolute atomic E-state index is 11.9. The van der Waals surface area contributed by atoms with Gasteiger partial charge in [-0.15, -0.1) is 0 Å². The second-order valence-electron chi connectivity index (χ2n) is 5.63. The van der Waals surface area contributed by atoms with Crippen molar-refractivity contribution < 1.29 is 28.5 Å². The smallest absolute Gasteiger partial charge is 0.412 e. The first-order chi connectivity index (χ1) is 11.4. The fraction of sp³-hybridized carbons (Fsp3) is 0.500. The van der Waals surface area contributed by atoms with Crippen LogP contribution < -0.4 is 15.2 Å². The van der Waals surface area contributed by atoms with Gasteiger partial charge in [-0.3, -0.25) is 4.79 Å². The minimum Gasteiger partial charge on any atom is -0.454 e. The Labute approximate surface area is 140 Å². The normalized spacial score (nSPS) is 14.7. The van der Waals surface area contributed by atoms with Crippen LogP contribution in [-0.4, -0.2) is 49.7 Å². The van der Waals surface area contributed by atoms with E-state index in [1.54, 1.807) is 7.05 Å². The highest BCUT2D eigenvalue weighted by molar-refractivity contribution is 5.75. The number of hydrogen-bond acceptors (Lipinski definition) is 7. The van der Waals surface area contributed by atoms with Crippen molar-refractivity contribution in [1.82, 2.24) is 4.90 Å². The summed E-state index contributed by atoms with van der Waals surface area (Å²) in [7, 11) is 1.62. The second-order valence-corrected chi connectivity index (χ2v) is 5.63. The van der Waals surface area contributed by atoms with E-state index in [2.05, 4.69) is 0 Å². The third-order valence-corrected chi connectivity index (χ3v) is 3.67. The summed E-state index contributed by atoms with van der Waals surface area (Å²) in [6, 6.07) is 4.78. The zero-order valence-electron chi connectivity index (χ0n) is 14.0. The van der Waals surface area contributed by atoms with Gasteiger partial charge >= 0.3 is 12.1 Å². The van der Waals surface area contributed by atoms with Crippen molar-refractivity contribution in [3.8, 4) is 11.5 Å². The fourth-order valence-electron chi connectivity index (χ4n) is 2.10. The number of amides is 1. The predicted octanol–water partition coefficient (Wildman–Crippen LogP) is 1.26. The molecule has 2 atom stereocenters. The number of likely N-dealkylation sites (N-methyl/N-ethyl adjacent to an activating group) is 1. The van der Waals surface area contributed by atoms with Crippen LogP contribution in [0.3, 0.4) is 0 Å². The summed E-state index contributed by atoms with van der Waals surface area (Å²) >= 11 is 0. The molecule has 0 fully saturated rings. The monoisotopic (exact) mass is 338 g/mol. The van der Waals surface area contributed by atoms with E-state index in [-0.39, 0.29) is 12.8 Å². The number of ether oxygens (including phenoxy) is 4. The zero-order chi connectivity index (χ0) is 17.7. The molecule has 0 saturated heterocycles. The highest BCUT2D eigenvalue weighted by Gasteiger charge is 2.20. The van der Waals surface area contributed by atoms with Crippen molar-refractivity contribution in [2.24, 2.45) is 5.73 Å². The maximum atomic E-state index is 11.9. The van der Waals surface area contributed by atoms with Gasteiger partial charge < -0.3 is 29.6 Å². The van der Waals surface area contributed by atoms with Gasteiger partial charge in [-0.05, 0) is 38.0 Å². The van der Waals surface area contributed by atoms with Crippen LogP contribution in [0.25, 0.3) is 0 Å². The number of carbonyl (C=O) groups is 2. The van der Waals surface area contributed by atoms with E-state index in [9.17, 15) is 9.59 Å². The summed E-state index contributed by atoms with van der Waals surface area (Å²) in [4.78, 5) is 24.6. The lowest BCUT2D eigenvalue weighted by molar-refractivity contribution is -0.153. The van der Waals surface area contributed by atoms with Gasteiger partial charge in [0.05, 0.1) is 0 Å². The molecular formula is C16H22N2O6. The van der Waals surface area contributed by atoms with Crippen LogP contribution in [0.15, 0.2) is 18.2 Å². The SMILES string of the molecule is CC(N)C(=O)OCOC(=O)N(C)C(C)Cc1ccc2c(c1)OCO2. The second kappa shape index (κ2) is 7.87. The van der Waals surface area contributed by atoms with Gasteiger partial charge in [0.2, 0.25) is 13.6 Å². The molecule has 0 aliphatic carbocycles. The van der Waals surface area contributed by atoms with Gasteiger partial charge in [0, 0.05) is 13.1 Å². The Bertz CT molecular complexity index is 604. The lowest BCUT2D eigenvalue weighted by Gasteiger charge is -2.24. The molecule has 0 saturated carbocycles. The molecule has 0 bridgehead atoms. The molecule has 0 radical (unpaired) electrons. The van der Waals surface area contributed by atoms with Crippen LogP contribution in [0, 0.1) is 0 Å².